The molecule has 3 aromatic rings. The number of aromatic nitrogens is 1. The highest BCUT2D eigenvalue weighted by Crippen LogP contribution is 2.27. The minimum Gasteiger partial charge on any atom is -0.348 e. The van der Waals surface area contributed by atoms with Crippen molar-refractivity contribution in [2.24, 2.45) is 0 Å². The monoisotopic (exact) mass is 445 g/mol. The Bertz CT molecular complexity index is 1160. The molecule has 2 heterocycles. The second kappa shape index (κ2) is 9.94. The molecule has 1 N–H and O–H groups in total. The van der Waals surface area contributed by atoms with Crippen LogP contribution in [0.25, 0.3) is 0 Å². The van der Waals surface area contributed by atoms with Crippen LogP contribution in [0, 0.1) is 5.82 Å². The molecule has 6 heteroatoms. The van der Waals surface area contributed by atoms with E-state index >= 15 is 0 Å². The molecule has 2 amide bonds. The highest BCUT2D eigenvalue weighted by atomic mass is 19.1. The van der Waals surface area contributed by atoms with Gasteiger partial charge in [0.1, 0.15) is 5.82 Å². The summed E-state index contributed by atoms with van der Waals surface area (Å²) in [6.07, 6.45) is 3.45. The number of halogens is 1. The molecule has 0 atom stereocenters. The Kier molecular flexibility index (Phi) is 6.82. The molecule has 0 fully saturated rings. The summed E-state index contributed by atoms with van der Waals surface area (Å²) in [7, 11) is 0. The summed E-state index contributed by atoms with van der Waals surface area (Å²) in [6.45, 7) is 5.10. The second-order valence-corrected chi connectivity index (χ2v) is 8.72. The number of pyridine rings is 1. The largest absolute Gasteiger partial charge is 0.348 e. The molecule has 0 saturated carbocycles. The topological polar surface area (TPSA) is 62.3 Å². The number of hydrogen-bond donors (Lipinski definition) is 1. The van der Waals surface area contributed by atoms with E-state index in [9.17, 15) is 14.0 Å². The molecule has 0 unspecified atom stereocenters. The van der Waals surface area contributed by atoms with Gasteiger partial charge in [-0.3, -0.25) is 14.6 Å². The van der Waals surface area contributed by atoms with E-state index in [1.54, 1.807) is 29.3 Å². The van der Waals surface area contributed by atoms with E-state index in [1.165, 1.54) is 17.7 Å². The first-order chi connectivity index (χ1) is 15.9. The summed E-state index contributed by atoms with van der Waals surface area (Å²) in [5.41, 5.74) is 4.79. The minimum absolute atomic E-state index is 0.00707. The molecule has 0 saturated heterocycles. The summed E-state index contributed by atoms with van der Waals surface area (Å²) < 4.78 is 13.4. The molecular formula is C27H28FN3O2. The number of aryl methyl sites for hydroxylation is 1. The standard InChI is InChI=1S/C27H28FN3O2/c1-18(2)21-10-8-19(9-11-21)14-26(32)31-12-4-7-24-25(31)15-22(17-29-24)27(33)30-16-20-5-3-6-23(28)13-20/h3,5-6,8-11,13,15,17-18H,4,7,12,14,16H2,1-2H3,(H,30,33). The molecule has 170 valence electrons. The van der Waals surface area contributed by atoms with Gasteiger partial charge in [-0.25, -0.2) is 4.39 Å². The minimum atomic E-state index is -0.342. The van der Waals surface area contributed by atoms with Gasteiger partial charge in [0.05, 0.1) is 23.4 Å². The highest BCUT2D eigenvalue weighted by molar-refractivity contribution is 5.99. The van der Waals surface area contributed by atoms with Crippen LogP contribution in [0.15, 0.2) is 60.8 Å². The van der Waals surface area contributed by atoms with Crippen molar-refractivity contribution in [3.63, 3.8) is 0 Å². The molecular weight excluding hydrogens is 417 g/mol. The van der Waals surface area contributed by atoms with Crippen molar-refractivity contribution < 1.29 is 14.0 Å². The number of rotatable bonds is 6. The summed E-state index contributed by atoms with van der Waals surface area (Å²) in [6, 6.07) is 16.0. The summed E-state index contributed by atoms with van der Waals surface area (Å²) in [4.78, 5) is 32.0. The molecule has 0 spiro atoms. The first-order valence-corrected chi connectivity index (χ1v) is 11.3. The summed E-state index contributed by atoms with van der Waals surface area (Å²) >= 11 is 0. The quantitative estimate of drug-likeness (QED) is 0.593. The van der Waals surface area contributed by atoms with E-state index in [-0.39, 0.29) is 24.2 Å². The molecule has 5 nitrogen and oxygen atoms in total. The predicted octanol–water partition coefficient (Wildman–Crippen LogP) is 4.80. The molecule has 0 aliphatic carbocycles. The Labute approximate surface area is 193 Å². The third-order valence-corrected chi connectivity index (χ3v) is 5.94. The average Bonchev–Trinajstić information content (AvgIpc) is 2.82. The molecule has 1 aliphatic heterocycles. The molecule has 0 bridgehead atoms. The van der Waals surface area contributed by atoms with Gasteiger partial charge >= 0.3 is 0 Å². The smallest absolute Gasteiger partial charge is 0.253 e. The number of carbonyl (C=O) groups excluding carboxylic acids is 2. The van der Waals surface area contributed by atoms with Crippen molar-refractivity contribution >= 4 is 17.5 Å². The predicted molar refractivity (Wildman–Crippen MR) is 127 cm³/mol. The van der Waals surface area contributed by atoms with Crippen LogP contribution in [0.2, 0.25) is 0 Å². The van der Waals surface area contributed by atoms with Crippen LogP contribution in [0.1, 0.15) is 58.9 Å². The average molecular weight is 446 g/mol. The lowest BCUT2D eigenvalue weighted by Gasteiger charge is -2.29. The lowest BCUT2D eigenvalue weighted by molar-refractivity contribution is -0.118. The third kappa shape index (κ3) is 5.45. The van der Waals surface area contributed by atoms with Crippen molar-refractivity contribution in [3.8, 4) is 0 Å². The molecule has 33 heavy (non-hydrogen) atoms. The van der Waals surface area contributed by atoms with Crippen LogP contribution < -0.4 is 10.2 Å². The first kappa shape index (κ1) is 22.6. The second-order valence-electron chi connectivity index (χ2n) is 8.72. The number of anilines is 1. The fraction of sp³-hybridized carbons (Fsp3) is 0.296. The van der Waals surface area contributed by atoms with E-state index < -0.39 is 0 Å². The lowest BCUT2D eigenvalue weighted by atomic mass is 10.00. The van der Waals surface area contributed by atoms with Crippen LogP contribution in [-0.2, 0) is 24.2 Å². The van der Waals surface area contributed by atoms with Crippen molar-refractivity contribution in [1.82, 2.24) is 10.3 Å². The van der Waals surface area contributed by atoms with Gasteiger partial charge in [0, 0.05) is 19.3 Å². The number of nitrogens with zero attached hydrogens (tertiary/aromatic N) is 2. The number of amides is 2. The van der Waals surface area contributed by atoms with Gasteiger partial charge in [-0.2, -0.15) is 0 Å². The van der Waals surface area contributed by atoms with Gasteiger partial charge in [-0.05, 0) is 53.6 Å². The van der Waals surface area contributed by atoms with Crippen LogP contribution in [0.5, 0.6) is 0 Å². The van der Waals surface area contributed by atoms with Gasteiger partial charge in [0.2, 0.25) is 5.91 Å². The number of nitrogens with one attached hydrogen (secondary N) is 1. The van der Waals surface area contributed by atoms with Gasteiger partial charge in [0.15, 0.2) is 0 Å². The van der Waals surface area contributed by atoms with Crippen LogP contribution in [0.4, 0.5) is 10.1 Å². The molecule has 0 radical (unpaired) electrons. The van der Waals surface area contributed by atoms with E-state index in [1.807, 2.05) is 12.1 Å². The van der Waals surface area contributed by atoms with Gasteiger partial charge in [0.25, 0.3) is 5.91 Å². The maximum Gasteiger partial charge on any atom is 0.253 e. The van der Waals surface area contributed by atoms with Crippen molar-refractivity contribution in [1.29, 1.82) is 0 Å². The highest BCUT2D eigenvalue weighted by Gasteiger charge is 2.25. The van der Waals surface area contributed by atoms with Crippen molar-refractivity contribution in [2.45, 2.75) is 45.6 Å². The maximum absolute atomic E-state index is 13.4. The Morgan fingerprint density at radius 3 is 2.61 bits per heavy atom. The molecule has 2 aromatic carbocycles. The zero-order valence-electron chi connectivity index (χ0n) is 19.0. The number of carbonyl (C=O) groups is 2. The normalized spacial score (nSPS) is 13.0. The number of hydrogen-bond acceptors (Lipinski definition) is 3. The van der Waals surface area contributed by atoms with E-state index in [0.29, 0.717) is 35.7 Å². The van der Waals surface area contributed by atoms with Gasteiger partial charge in [-0.1, -0.05) is 50.2 Å². The Balaban J connectivity index is 1.47. The van der Waals surface area contributed by atoms with E-state index in [2.05, 4.69) is 36.3 Å². The number of benzene rings is 2. The zero-order chi connectivity index (χ0) is 23.4. The van der Waals surface area contributed by atoms with Crippen LogP contribution in [0.3, 0.4) is 0 Å². The fourth-order valence-corrected chi connectivity index (χ4v) is 4.04. The first-order valence-electron chi connectivity index (χ1n) is 11.3. The summed E-state index contributed by atoms with van der Waals surface area (Å²) in [5.74, 6) is -0.213. The SMILES string of the molecule is CC(C)c1ccc(CC(=O)N2CCCc3ncc(C(=O)NCc4cccc(F)c4)cc32)cc1. The zero-order valence-corrected chi connectivity index (χ0v) is 19.0. The van der Waals surface area contributed by atoms with Gasteiger partial charge in [-0.15, -0.1) is 0 Å². The molecule has 4 rings (SSSR count). The van der Waals surface area contributed by atoms with Crippen LogP contribution in [-0.4, -0.2) is 23.3 Å². The number of fused-ring (bicyclic) bond motifs is 1. The third-order valence-electron chi connectivity index (χ3n) is 5.94. The molecule has 1 aliphatic rings. The lowest BCUT2D eigenvalue weighted by Crippen LogP contribution is -2.37. The van der Waals surface area contributed by atoms with Crippen LogP contribution >= 0.6 is 0 Å². The Morgan fingerprint density at radius 2 is 1.88 bits per heavy atom. The summed E-state index contributed by atoms with van der Waals surface area (Å²) in [5, 5.41) is 2.80. The van der Waals surface area contributed by atoms with E-state index in [0.717, 1.165) is 24.1 Å². The Hall–Kier alpha value is -3.54. The van der Waals surface area contributed by atoms with Gasteiger partial charge < -0.3 is 10.2 Å². The van der Waals surface area contributed by atoms with Crippen molar-refractivity contribution in [3.05, 3.63) is 94.6 Å². The maximum atomic E-state index is 13.4. The Morgan fingerprint density at radius 1 is 1.09 bits per heavy atom. The van der Waals surface area contributed by atoms with Crippen molar-refractivity contribution in [2.75, 3.05) is 11.4 Å². The molecule has 1 aromatic heterocycles. The fourth-order valence-electron chi connectivity index (χ4n) is 4.04. The van der Waals surface area contributed by atoms with E-state index in [4.69, 9.17) is 0 Å².